The summed E-state index contributed by atoms with van der Waals surface area (Å²) in [5, 5.41) is 9.57. The number of anilines is 2. The number of piperidine rings is 1. The average molecular weight is 339 g/mol. The number of aromatic nitrogens is 2. The molecule has 1 aliphatic heterocycles. The second-order valence-electron chi connectivity index (χ2n) is 6.41. The van der Waals surface area contributed by atoms with Gasteiger partial charge in [-0.3, -0.25) is 4.79 Å². The molecule has 0 unspecified atom stereocenters. The van der Waals surface area contributed by atoms with Crippen LogP contribution in [-0.2, 0) is 4.79 Å². The summed E-state index contributed by atoms with van der Waals surface area (Å²) in [6.07, 6.45) is 4.32. The Balaban J connectivity index is 1.48. The third kappa shape index (κ3) is 5.00. The number of para-hydroxylation sites is 1. The number of hydrogen-bond acceptors (Lipinski definition) is 5. The predicted octanol–water partition coefficient (Wildman–Crippen LogP) is 2.69. The van der Waals surface area contributed by atoms with Gasteiger partial charge in [0, 0.05) is 37.2 Å². The summed E-state index contributed by atoms with van der Waals surface area (Å²) in [6, 6.07) is 9.77. The van der Waals surface area contributed by atoms with E-state index in [2.05, 4.69) is 25.9 Å². The molecule has 3 rings (SSSR count). The maximum Gasteiger partial charge on any atom is 0.226 e. The first kappa shape index (κ1) is 17.4. The number of carbonyl (C=O) groups is 1. The molecule has 1 atom stereocenters. The minimum atomic E-state index is -0.00689. The van der Waals surface area contributed by atoms with Crippen molar-refractivity contribution in [3.8, 4) is 0 Å². The van der Waals surface area contributed by atoms with Crippen molar-refractivity contribution < 1.29 is 4.79 Å². The molecule has 1 aromatic carbocycles. The van der Waals surface area contributed by atoms with Gasteiger partial charge in [-0.25, -0.2) is 9.97 Å². The number of rotatable bonds is 6. The number of amides is 1. The van der Waals surface area contributed by atoms with E-state index in [1.807, 2.05) is 37.3 Å². The fourth-order valence-electron chi connectivity index (χ4n) is 3.03. The number of nitrogens with one attached hydrogen (secondary N) is 3. The lowest BCUT2D eigenvalue weighted by Gasteiger charge is -2.22. The van der Waals surface area contributed by atoms with E-state index in [1.165, 1.54) is 6.42 Å². The SMILES string of the molecule is Cc1ccccc1NC(=O)CCNc1cc([C@@H]2CCCNC2)ncn1. The molecule has 0 saturated carbocycles. The van der Waals surface area contributed by atoms with E-state index in [-0.39, 0.29) is 5.91 Å². The van der Waals surface area contributed by atoms with Crippen LogP contribution in [0.1, 0.15) is 36.4 Å². The third-order valence-corrected chi connectivity index (χ3v) is 4.48. The lowest BCUT2D eigenvalue weighted by atomic mass is 9.96. The molecule has 1 fully saturated rings. The van der Waals surface area contributed by atoms with Gasteiger partial charge in [0.15, 0.2) is 0 Å². The number of carbonyl (C=O) groups excluding carboxylic acids is 1. The molecule has 3 N–H and O–H groups in total. The van der Waals surface area contributed by atoms with Crippen molar-refractivity contribution in [1.29, 1.82) is 0 Å². The van der Waals surface area contributed by atoms with E-state index >= 15 is 0 Å². The van der Waals surface area contributed by atoms with E-state index in [0.29, 0.717) is 18.9 Å². The molecule has 1 aliphatic rings. The molecule has 0 radical (unpaired) electrons. The Hall–Kier alpha value is -2.47. The molecule has 2 heterocycles. The lowest BCUT2D eigenvalue weighted by Crippen LogP contribution is -2.28. The van der Waals surface area contributed by atoms with Crippen LogP contribution in [-0.4, -0.2) is 35.5 Å². The largest absolute Gasteiger partial charge is 0.369 e. The normalized spacial score (nSPS) is 17.1. The first-order valence-corrected chi connectivity index (χ1v) is 8.84. The zero-order valence-corrected chi connectivity index (χ0v) is 14.6. The van der Waals surface area contributed by atoms with Crippen molar-refractivity contribution >= 4 is 17.4 Å². The number of aryl methyl sites for hydroxylation is 1. The quantitative estimate of drug-likeness (QED) is 0.754. The van der Waals surface area contributed by atoms with E-state index in [1.54, 1.807) is 6.33 Å². The van der Waals surface area contributed by atoms with Crippen LogP contribution in [0.3, 0.4) is 0 Å². The standard InChI is InChI=1S/C19H25N5O/c1-14-5-2-3-7-16(14)24-19(25)8-10-21-18-11-17(22-13-23-18)15-6-4-9-20-12-15/h2-3,5,7,11,13,15,20H,4,6,8-10,12H2,1H3,(H,24,25)(H,21,22,23)/t15-/m1/s1. The van der Waals surface area contributed by atoms with E-state index < -0.39 is 0 Å². The second-order valence-corrected chi connectivity index (χ2v) is 6.41. The van der Waals surface area contributed by atoms with Gasteiger partial charge in [-0.05, 0) is 37.9 Å². The van der Waals surface area contributed by atoms with E-state index in [0.717, 1.165) is 42.3 Å². The highest BCUT2D eigenvalue weighted by Gasteiger charge is 2.16. The second kappa shape index (κ2) is 8.58. The van der Waals surface area contributed by atoms with Crippen LogP contribution >= 0.6 is 0 Å². The van der Waals surface area contributed by atoms with Crippen LogP contribution in [0.25, 0.3) is 0 Å². The van der Waals surface area contributed by atoms with Gasteiger partial charge in [-0.15, -0.1) is 0 Å². The number of hydrogen-bond donors (Lipinski definition) is 3. The van der Waals surface area contributed by atoms with Crippen molar-refractivity contribution in [3.63, 3.8) is 0 Å². The van der Waals surface area contributed by atoms with Crippen molar-refractivity contribution in [2.75, 3.05) is 30.3 Å². The molecule has 132 valence electrons. The topological polar surface area (TPSA) is 78.9 Å². The lowest BCUT2D eigenvalue weighted by molar-refractivity contribution is -0.115. The highest BCUT2D eigenvalue weighted by Crippen LogP contribution is 2.22. The van der Waals surface area contributed by atoms with Crippen LogP contribution in [0.4, 0.5) is 11.5 Å². The zero-order valence-electron chi connectivity index (χ0n) is 14.6. The van der Waals surface area contributed by atoms with Crippen molar-refractivity contribution in [2.45, 2.75) is 32.1 Å². The molecular formula is C19H25N5O. The summed E-state index contributed by atoms with van der Waals surface area (Å²) in [6.45, 7) is 4.57. The maximum absolute atomic E-state index is 12.1. The van der Waals surface area contributed by atoms with Crippen molar-refractivity contribution in [2.24, 2.45) is 0 Å². The van der Waals surface area contributed by atoms with Crippen LogP contribution in [0, 0.1) is 6.92 Å². The van der Waals surface area contributed by atoms with Gasteiger partial charge >= 0.3 is 0 Å². The minimum absolute atomic E-state index is 0.00689. The Morgan fingerprint density at radius 3 is 3.00 bits per heavy atom. The van der Waals surface area contributed by atoms with E-state index in [9.17, 15) is 4.79 Å². The Morgan fingerprint density at radius 2 is 2.20 bits per heavy atom. The molecule has 0 spiro atoms. The van der Waals surface area contributed by atoms with Crippen LogP contribution in [0.2, 0.25) is 0 Å². The third-order valence-electron chi connectivity index (χ3n) is 4.48. The van der Waals surface area contributed by atoms with Gasteiger partial charge in [-0.2, -0.15) is 0 Å². The average Bonchev–Trinajstić information content (AvgIpc) is 2.65. The summed E-state index contributed by atoms with van der Waals surface area (Å²) in [4.78, 5) is 20.7. The highest BCUT2D eigenvalue weighted by molar-refractivity contribution is 5.91. The Morgan fingerprint density at radius 1 is 1.32 bits per heavy atom. The van der Waals surface area contributed by atoms with Crippen LogP contribution < -0.4 is 16.0 Å². The first-order chi connectivity index (χ1) is 12.2. The monoisotopic (exact) mass is 339 g/mol. The summed E-state index contributed by atoms with van der Waals surface area (Å²) in [5.74, 6) is 1.22. The summed E-state index contributed by atoms with van der Waals surface area (Å²) < 4.78 is 0. The first-order valence-electron chi connectivity index (χ1n) is 8.84. The van der Waals surface area contributed by atoms with Crippen molar-refractivity contribution in [1.82, 2.24) is 15.3 Å². The molecule has 1 amide bonds. The summed E-state index contributed by atoms with van der Waals surface area (Å²) in [5.41, 5.74) is 2.99. The molecular weight excluding hydrogens is 314 g/mol. The summed E-state index contributed by atoms with van der Waals surface area (Å²) >= 11 is 0. The van der Waals surface area contributed by atoms with Gasteiger partial charge in [0.2, 0.25) is 5.91 Å². The molecule has 0 aliphatic carbocycles. The van der Waals surface area contributed by atoms with Gasteiger partial charge in [0.25, 0.3) is 0 Å². The summed E-state index contributed by atoms with van der Waals surface area (Å²) in [7, 11) is 0. The minimum Gasteiger partial charge on any atom is -0.369 e. The van der Waals surface area contributed by atoms with Crippen LogP contribution in [0.5, 0.6) is 0 Å². The molecule has 0 bridgehead atoms. The molecule has 1 saturated heterocycles. The highest BCUT2D eigenvalue weighted by atomic mass is 16.1. The Kier molecular flexibility index (Phi) is 5.95. The number of nitrogens with zero attached hydrogens (tertiary/aromatic N) is 2. The molecule has 25 heavy (non-hydrogen) atoms. The molecule has 6 nitrogen and oxygen atoms in total. The van der Waals surface area contributed by atoms with Gasteiger partial charge in [0.1, 0.15) is 12.1 Å². The predicted molar refractivity (Wildman–Crippen MR) is 99.8 cm³/mol. The van der Waals surface area contributed by atoms with Crippen LogP contribution in [0.15, 0.2) is 36.7 Å². The smallest absolute Gasteiger partial charge is 0.226 e. The fraction of sp³-hybridized carbons (Fsp3) is 0.421. The van der Waals surface area contributed by atoms with Gasteiger partial charge in [-0.1, -0.05) is 18.2 Å². The molecule has 6 heteroatoms. The molecule has 1 aromatic heterocycles. The van der Waals surface area contributed by atoms with Crippen molar-refractivity contribution in [3.05, 3.63) is 47.9 Å². The maximum atomic E-state index is 12.1. The molecule has 2 aromatic rings. The zero-order chi connectivity index (χ0) is 17.5. The Labute approximate surface area is 148 Å². The number of benzene rings is 1. The fourth-order valence-corrected chi connectivity index (χ4v) is 3.03. The van der Waals surface area contributed by atoms with Gasteiger partial charge < -0.3 is 16.0 Å². The van der Waals surface area contributed by atoms with Gasteiger partial charge in [0.05, 0.1) is 5.69 Å². The Bertz CT molecular complexity index is 712. The van der Waals surface area contributed by atoms with E-state index in [4.69, 9.17) is 0 Å².